The highest BCUT2D eigenvalue weighted by Crippen LogP contribution is 2.40. The summed E-state index contributed by atoms with van der Waals surface area (Å²) in [5.41, 5.74) is -1.56. The zero-order valence-electron chi connectivity index (χ0n) is 22.9. The molecule has 1 aliphatic rings. The third-order valence-electron chi connectivity index (χ3n) is 7.10. The first kappa shape index (κ1) is 30.1. The number of halogens is 4. The minimum atomic E-state index is -4.85. The highest BCUT2D eigenvalue weighted by atomic mass is 19.4. The van der Waals surface area contributed by atoms with Crippen molar-refractivity contribution in [1.29, 1.82) is 0 Å². The number of anilines is 1. The van der Waals surface area contributed by atoms with Gasteiger partial charge in [0.05, 0.1) is 37.3 Å². The van der Waals surface area contributed by atoms with E-state index < -0.39 is 29.5 Å². The predicted molar refractivity (Wildman–Crippen MR) is 140 cm³/mol. The average molecular weight is 578 g/mol. The van der Waals surface area contributed by atoms with Crippen molar-refractivity contribution in [2.75, 3.05) is 18.6 Å². The molecule has 0 saturated heterocycles. The number of methoxy groups -OCH3 is 1. The Balaban J connectivity index is 1.68. The summed E-state index contributed by atoms with van der Waals surface area (Å²) in [4.78, 5) is 32.0. The Morgan fingerprint density at radius 1 is 1.17 bits per heavy atom. The zero-order chi connectivity index (χ0) is 29.7. The Kier molecular flexibility index (Phi) is 9.36. The summed E-state index contributed by atoms with van der Waals surface area (Å²) in [6, 6.07) is 2.16. The first-order chi connectivity index (χ1) is 19.5. The molecular formula is C28H31F4N5O4. The van der Waals surface area contributed by atoms with Crippen molar-refractivity contribution in [2.45, 2.75) is 58.3 Å². The molecule has 9 nitrogen and oxygen atoms in total. The third-order valence-corrected chi connectivity index (χ3v) is 7.10. The van der Waals surface area contributed by atoms with Crippen LogP contribution in [0.4, 0.5) is 23.2 Å². The van der Waals surface area contributed by atoms with Crippen LogP contribution in [-0.2, 0) is 22.3 Å². The second-order valence-electron chi connectivity index (χ2n) is 10.3. The quantitative estimate of drug-likeness (QED) is 0.226. The number of pyridine rings is 1. The molecule has 1 aliphatic carbocycles. The van der Waals surface area contributed by atoms with E-state index in [1.54, 1.807) is 6.92 Å². The molecule has 1 amide bonds. The predicted octanol–water partition coefficient (Wildman–Crippen LogP) is 5.68. The van der Waals surface area contributed by atoms with Gasteiger partial charge >= 0.3 is 6.18 Å². The van der Waals surface area contributed by atoms with Gasteiger partial charge in [0.15, 0.2) is 12.1 Å². The summed E-state index contributed by atoms with van der Waals surface area (Å²) in [6.07, 6.45) is 2.40. The van der Waals surface area contributed by atoms with E-state index in [4.69, 9.17) is 9.47 Å². The van der Waals surface area contributed by atoms with Crippen LogP contribution in [0.2, 0.25) is 0 Å². The van der Waals surface area contributed by atoms with Crippen LogP contribution in [0.15, 0.2) is 36.8 Å². The van der Waals surface area contributed by atoms with Crippen molar-refractivity contribution < 1.29 is 36.6 Å². The molecule has 0 unspecified atom stereocenters. The molecule has 1 aromatic carbocycles. The summed E-state index contributed by atoms with van der Waals surface area (Å²) in [5, 5.41) is 7.74. The van der Waals surface area contributed by atoms with E-state index in [0.717, 1.165) is 37.2 Å². The number of amides is 1. The fraction of sp³-hybridized carbons (Fsp3) is 0.464. The number of hydrogen-bond acceptors (Lipinski definition) is 7. The lowest BCUT2D eigenvalue weighted by Gasteiger charge is -2.35. The molecule has 3 aromatic rings. The van der Waals surface area contributed by atoms with Crippen molar-refractivity contribution in [3.8, 4) is 11.6 Å². The third kappa shape index (κ3) is 7.07. The van der Waals surface area contributed by atoms with E-state index in [0.29, 0.717) is 25.0 Å². The van der Waals surface area contributed by atoms with Crippen LogP contribution in [0.3, 0.4) is 0 Å². The van der Waals surface area contributed by atoms with Crippen molar-refractivity contribution in [3.63, 3.8) is 0 Å². The maximum Gasteiger partial charge on any atom is 0.421 e. The second kappa shape index (κ2) is 12.8. The van der Waals surface area contributed by atoms with E-state index in [1.807, 2.05) is 0 Å². The summed E-state index contributed by atoms with van der Waals surface area (Å²) in [5.74, 6) is -2.41. The maximum atomic E-state index is 15.7. The number of benzene rings is 1. The Hall–Kier alpha value is -3.87. The number of alkyl halides is 3. The minimum absolute atomic E-state index is 0.0641. The number of rotatable bonds is 10. The van der Waals surface area contributed by atoms with Crippen LogP contribution in [0.5, 0.6) is 11.6 Å². The van der Waals surface area contributed by atoms with Gasteiger partial charge in [-0.3, -0.25) is 9.59 Å². The number of aromatic nitrogens is 4. The molecule has 0 aliphatic heterocycles. The van der Waals surface area contributed by atoms with Crippen LogP contribution >= 0.6 is 0 Å². The highest BCUT2D eigenvalue weighted by Gasteiger charge is 2.37. The summed E-state index contributed by atoms with van der Waals surface area (Å²) >= 11 is 0. The van der Waals surface area contributed by atoms with Gasteiger partial charge in [0, 0.05) is 30.9 Å². The smallest absolute Gasteiger partial charge is 0.421 e. The van der Waals surface area contributed by atoms with Crippen LogP contribution < -0.4 is 9.64 Å². The molecule has 1 atom stereocenters. The van der Waals surface area contributed by atoms with Gasteiger partial charge in [-0.15, -0.1) is 0 Å². The standard InChI is InChI=1S/C28H31F4N5O4/c1-17-4-6-20(7-5-17)27(39)37(18(2)16-40-3)25-21(15-38)11-22(12-24(25)29)41-26-23(28(30,31)32)10-19(13-33-26)14-36-34-8-9-35-36/h8-13,15,17-18,20H,4-7,14,16H2,1-3H3/t17?,18-,20?/m0/s1. The first-order valence-electron chi connectivity index (χ1n) is 13.2. The molecule has 0 bridgehead atoms. The topological polar surface area (TPSA) is 99.4 Å². The van der Waals surface area contributed by atoms with E-state index >= 15 is 4.39 Å². The van der Waals surface area contributed by atoms with Crippen LogP contribution in [0, 0.1) is 17.7 Å². The molecule has 0 N–H and O–H groups in total. The summed E-state index contributed by atoms with van der Waals surface area (Å²) in [6.45, 7) is 3.79. The normalized spacial score (nSPS) is 18.1. The Morgan fingerprint density at radius 2 is 1.85 bits per heavy atom. The van der Waals surface area contributed by atoms with E-state index in [1.165, 1.54) is 29.2 Å². The van der Waals surface area contributed by atoms with Gasteiger partial charge in [0.1, 0.15) is 11.3 Å². The van der Waals surface area contributed by atoms with Gasteiger partial charge in [0.2, 0.25) is 11.8 Å². The number of hydrogen-bond donors (Lipinski definition) is 0. The van der Waals surface area contributed by atoms with Crippen molar-refractivity contribution in [3.05, 3.63) is 59.3 Å². The molecular weight excluding hydrogens is 546 g/mol. The molecule has 13 heteroatoms. The van der Waals surface area contributed by atoms with Gasteiger partial charge in [-0.1, -0.05) is 6.92 Å². The molecule has 2 aromatic heterocycles. The van der Waals surface area contributed by atoms with Gasteiger partial charge in [-0.2, -0.15) is 28.2 Å². The molecule has 4 rings (SSSR count). The lowest BCUT2D eigenvalue weighted by molar-refractivity contribution is -0.139. The Bertz CT molecular complexity index is 1360. The van der Waals surface area contributed by atoms with Gasteiger partial charge in [-0.25, -0.2) is 9.37 Å². The summed E-state index contributed by atoms with van der Waals surface area (Å²) < 4.78 is 68.0. The molecule has 41 heavy (non-hydrogen) atoms. The Morgan fingerprint density at radius 3 is 2.46 bits per heavy atom. The average Bonchev–Trinajstić information content (AvgIpc) is 3.43. The monoisotopic (exact) mass is 577 g/mol. The zero-order valence-corrected chi connectivity index (χ0v) is 22.9. The number of carbonyl (C=O) groups excluding carboxylic acids is 2. The van der Waals surface area contributed by atoms with Crippen LogP contribution in [0.25, 0.3) is 0 Å². The lowest BCUT2D eigenvalue weighted by Crippen LogP contribution is -2.46. The molecule has 220 valence electrons. The fourth-order valence-corrected chi connectivity index (χ4v) is 5.03. The number of ether oxygens (including phenoxy) is 2. The number of aldehydes is 1. The summed E-state index contributed by atoms with van der Waals surface area (Å²) in [7, 11) is 1.44. The number of nitrogens with zero attached hydrogens (tertiary/aromatic N) is 5. The van der Waals surface area contributed by atoms with Crippen LogP contribution in [0.1, 0.15) is 61.0 Å². The van der Waals surface area contributed by atoms with Crippen molar-refractivity contribution in [2.24, 2.45) is 11.8 Å². The fourth-order valence-electron chi connectivity index (χ4n) is 5.03. The van der Waals surface area contributed by atoms with Crippen molar-refractivity contribution in [1.82, 2.24) is 20.0 Å². The van der Waals surface area contributed by atoms with E-state index in [2.05, 4.69) is 22.1 Å². The second-order valence-corrected chi connectivity index (χ2v) is 10.3. The van der Waals surface area contributed by atoms with Gasteiger partial charge in [-0.05, 0) is 56.2 Å². The lowest BCUT2D eigenvalue weighted by atomic mass is 9.82. The molecule has 1 saturated carbocycles. The van der Waals surface area contributed by atoms with Gasteiger partial charge < -0.3 is 14.4 Å². The SMILES string of the molecule is COC[C@H](C)N(C(=O)C1CCC(C)CC1)c1c(F)cc(Oc2ncc(Cn3nccn3)cc2C(F)(F)F)cc1C=O. The van der Waals surface area contributed by atoms with Crippen LogP contribution in [-0.4, -0.2) is 51.9 Å². The highest BCUT2D eigenvalue weighted by molar-refractivity contribution is 6.00. The number of carbonyl (C=O) groups is 2. The molecule has 0 radical (unpaired) electrons. The van der Waals surface area contributed by atoms with Crippen molar-refractivity contribution >= 4 is 17.9 Å². The largest absolute Gasteiger partial charge is 0.438 e. The molecule has 1 fully saturated rings. The molecule has 0 spiro atoms. The van der Waals surface area contributed by atoms with E-state index in [9.17, 15) is 22.8 Å². The van der Waals surface area contributed by atoms with Gasteiger partial charge in [0.25, 0.3) is 0 Å². The Labute approximate surface area is 234 Å². The van der Waals surface area contributed by atoms with E-state index in [-0.39, 0.29) is 47.5 Å². The minimum Gasteiger partial charge on any atom is -0.438 e. The maximum absolute atomic E-state index is 15.7. The molecule has 2 heterocycles. The first-order valence-corrected chi connectivity index (χ1v) is 13.2.